The molecule has 0 aromatic carbocycles. The van der Waals surface area contributed by atoms with Crippen LogP contribution in [-0.2, 0) is 31.1 Å². The average Bonchev–Trinajstić information content (AvgIpc) is 3.72. The van der Waals surface area contributed by atoms with E-state index in [0.29, 0.717) is 17.4 Å². The van der Waals surface area contributed by atoms with Crippen molar-refractivity contribution in [3.63, 3.8) is 0 Å². The van der Waals surface area contributed by atoms with Crippen LogP contribution in [0.1, 0.15) is 58.7 Å². The highest BCUT2D eigenvalue weighted by molar-refractivity contribution is 7.17. The van der Waals surface area contributed by atoms with Crippen molar-refractivity contribution in [2.45, 2.75) is 51.4 Å². The van der Waals surface area contributed by atoms with Gasteiger partial charge in [0.25, 0.3) is 5.91 Å². The molecule has 178 valence electrons. The van der Waals surface area contributed by atoms with Crippen LogP contribution >= 0.6 is 11.3 Å². The van der Waals surface area contributed by atoms with Crippen LogP contribution in [0.3, 0.4) is 0 Å². The van der Waals surface area contributed by atoms with Gasteiger partial charge in [-0.05, 0) is 62.3 Å². The minimum Gasteiger partial charge on any atom is -0.352 e. The van der Waals surface area contributed by atoms with Crippen LogP contribution in [0.15, 0.2) is 18.7 Å². The molecule has 3 aliphatic rings. The van der Waals surface area contributed by atoms with Crippen molar-refractivity contribution >= 4 is 28.2 Å². The first kappa shape index (κ1) is 21.5. The van der Waals surface area contributed by atoms with Gasteiger partial charge in [0.15, 0.2) is 0 Å². The van der Waals surface area contributed by atoms with Crippen LogP contribution in [-0.4, -0.2) is 42.9 Å². The zero-order valence-electron chi connectivity index (χ0n) is 19.3. The van der Waals surface area contributed by atoms with Gasteiger partial charge in [-0.2, -0.15) is 5.10 Å². The van der Waals surface area contributed by atoms with Crippen molar-refractivity contribution in [2.24, 2.45) is 24.8 Å². The number of aryl methyl sites for hydroxylation is 2. The lowest BCUT2D eigenvalue weighted by Gasteiger charge is -2.23. The fourth-order valence-corrected chi connectivity index (χ4v) is 6.01. The van der Waals surface area contributed by atoms with Crippen LogP contribution in [0.25, 0.3) is 5.69 Å². The van der Waals surface area contributed by atoms with Crippen molar-refractivity contribution in [2.75, 3.05) is 11.9 Å². The molecule has 0 spiro atoms. The quantitative estimate of drug-likeness (QED) is 0.517. The summed E-state index contributed by atoms with van der Waals surface area (Å²) in [5.41, 5.74) is 2.74. The lowest BCUT2D eigenvalue weighted by Crippen LogP contribution is -2.28. The Morgan fingerprint density at radius 3 is 2.76 bits per heavy atom. The molecule has 0 radical (unpaired) electrons. The number of carbonyl (C=O) groups is 2. The number of nitrogens with zero attached hydrogens (tertiary/aromatic N) is 5. The molecule has 0 aliphatic heterocycles. The molecule has 2 N–H and O–H groups in total. The maximum absolute atomic E-state index is 13.3. The predicted molar refractivity (Wildman–Crippen MR) is 128 cm³/mol. The molecule has 9 nitrogen and oxygen atoms in total. The van der Waals surface area contributed by atoms with E-state index in [0.717, 1.165) is 67.1 Å². The van der Waals surface area contributed by atoms with Crippen LogP contribution < -0.4 is 10.6 Å². The molecule has 0 bridgehead atoms. The Labute approximate surface area is 201 Å². The van der Waals surface area contributed by atoms with E-state index in [2.05, 4.69) is 25.9 Å². The fraction of sp³-hybridized carbons (Fsp3) is 0.542. The third-order valence-electron chi connectivity index (χ3n) is 7.08. The number of hydrogen-bond donors (Lipinski definition) is 2. The zero-order chi connectivity index (χ0) is 23.2. The number of nitrogens with one attached hydrogen (secondary N) is 2. The summed E-state index contributed by atoms with van der Waals surface area (Å²) in [5.74, 6) is 1.97. The van der Waals surface area contributed by atoms with E-state index in [1.54, 1.807) is 22.3 Å². The van der Waals surface area contributed by atoms with E-state index in [1.807, 2.05) is 24.0 Å². The van der Waals surface area contributed by atoms with Crippen LogP contribution in [0.5, 0.6) is 0 Å². The summed E-state index contributed by atoms with van der Waals surface area (Å²) in [6.45, 7) is 0.719. The topological polar surface area (TPSA) is 107 Å². The highest BCUT2D eigenvalue weighted by Gasteiger charge is 2.34. The Morgan fingerprint density at radius 2 is 2.03 bits per heavy atom. The molecule has 6 rings (SSSR count). The number of aromatic nitrogens is 5. The standard InChI is InChI=1S/C24H29N7O2S/c1-30-12-17(11-27-30)31-13-26-29-20(31)9-15-4-7-19-18(8-15)21(23(33)25-10-14-2-3-14)24(34-19)28-22(32)16-5-6-16/h11-16H,2-10H2,1H3,(H,25,33)(H,28,32)/t15-/m0/s1. The number of hydrogen-bond acceptors (Lipinski definition) is 6. The van der Waals surface area contributed by atoms with E-state index in [4.69, 9.17) is 0 Å². The summed E-state index contributed by atoms with van der Waals surface area (Å²) in [7, 11) is 1.89. The third-order valence-corrected chi connectivity index (χ3v) is 8.29. The molecular weight excluding hydrogens is 450 g/mol. The monoisotopic (exact) mass is 479 g/mol. The van der Waals surface area contributed by atoms with Crippen LogP contribution in [0.4, 0.5) is 5.00 Å². The van der Waals surface area contributed by atoms with Gasteiger partial charge in [-0.25, -0.2) is 0 Å². The fourth-order valence-electron chi connectivity index (χ4n) is 4.77. The molecule has 0 saturated heterocycles. The SMILES string of the molecule is Cn1cc(-n2cnnc2C[C@H]2CCc3sc(NC(=O)C4CC4)c(C(=O)NCC4CC4)c3C2)cn1. The smallest absolute Gasteiger partial charge is 0.254 e. The molecule has 3 heterocycles. The second-order valence-corrected chi connectivity index (χ2v) is 11.0. The minimum absolute atomic E-state index is 0.0466. The molecule has 3 aromatic rings. The molecule has 34 heavy (non-hydrogen) atoms. The molecule has 3 aliphatic carbocycles. The second-order valence-electron chi connectivity index (χ2n) is 9.93. The highest BCUT2D eigenvalue weighted by Crippen LogP contribution is 2.42. The van der Waals surface area contributed by atoms with Gasteiger partial charge in [-0.1, -0.05) is 0 Å². The normalized spacial score (nSPS) is 19.6. The van der Waals surface area contributed by atoms with Crippen molar-refractivity contribution in [3.05, 3.63) is 40.5 Å². The number of amides is 2. The minimum atomic E-state index is -0.0466. The maximum Gasteiger partial charge on any atom is 0.254 e. The van der Waals surface area contributed by atoms with Gasteiger partial charge < -0.3 is 10.6 Å². The number of carbonyl (C=O) groups excluding carboxylic acids is 2. The molecular formula is C24H29N7O2S. The number of thiophene rings is 1. The molecule has 3 aromatic heterocycles. The van der Waals surface area contributed by atoms with Crippen molar-refractivity contribution in [1.82, 2.24) is 29.9 Å². The average molecular weight is 480 g/mol. The Bertz CT molecular complexity index is 1230. The number of fused-ring (bicyclic) bond motifs is 1. The Balaban J connectivity index is 1.24. The zero-order valence-corrected chi connectivity index (χ0v) is 20.1. The van der Waals surface area contributed by atoms with E-state index in [9.17, 15) is 9.59 Å². The van der Waals surface area contributed by atoms with Gasteiger partial charge in [0.1, 0.15) is 17.2 Å². The van der Waals surface area contributed by atoms with Crippen LogP contribution in [0, 0.1) is 17.8 Å². The summed E-state index contributed by atoms with van der Waals surface area (Å²) in [4.78, 5) is 27.0. The van der Waals surface area contributed by atoms with Crippen molar-refractivity contribution < 1.29 is 9.59 Å². The Morgan fingerprint density at radius 1 is 1.18 bits per heavy atom. The lowest BCUT2D eigenvalue weighted by atomic mass is 9.84. The predicted octanol–water partition coefficient (Wildman–Crippen LogP) is 2.90. The molecule has 1 atom stereocenters. The number of rotatable bonds is 8. The van der Waals surface area contributed by atoms with Crippen LogP contribution in [0.2, 0.25) is 0 Å². The number of anilines is 1. The van der Waals surface area contributed by atoms with E-state index in [-0.39, 0.29) is 17.7 Å². The molecule has 2 fully saturated rings. The summed E-state index contributed by atoms with van der Waals surface area (Å²) in [6, 6.07) is 0. The Kier molecular flexibility index (Phi) is 5.47. The summed E-state index contributed by atoms with van der Waals surface area (Å²) < 4.78 is 3.75. The van der Waals surface area contributed by atoms with Gasteiger partial charge in [0.2, 0.25) is 5.91 Å². The van der Waals surface area contributed by atoms with Crippen molar-refractivity contribution in [1.29, 1.82) is 0 Å². The summed E-state index contributed by atoms with van der Waals surface area (Å²) >= 11 is 1.59. The highest BCUT2D eigenvalue weighted by atomic mass is 32.1. The molecule has 10 heteroatoms. The van der Waals surface area contributed by atoms with E-state index < -0.39 is 0 Å². The van der Waals surface area contributed by atoms with Gasteiger partial charge in [-0.15, -0.1) is 21.5 Å². The Hall–Kier alpha value is -3.01. The summed E-state index contributed by atoms with van der Waals surface area (Å²) in [5, 5.41) is 19.7. The molecule has 2 amide bonds. The second kappa shape index (κ2) is 8.65. The van der Waals surface area contributed by atoms with E-state index in [1.165, 1.54) is 17.7 Å². The first-order valence-corrected chi connectivity index (χ1v) is 13.0. The largest absolute Gasteiger partial charge is 0.352 e. The first-order valence-electron chi connectivity index (χ1n) is 12.2. The maximum atomic E-state index is 13.3. The molecule has 0 unspecified atom stereocenters. The van der Waals surface area contributed by atoms with Gasteiger partial charge in [-0.3, -0.25) is 18.8 Å². The van der Waals surface area contributed by atoms with Crippen molar-refractivity contribution in [3.8, 4) is 5.69 Å². The summed E-state index contributed by atoms with van der Waals surface area (Å²) in [6.07, 6.45) is 13.3. The van der Waals surface area contributed by atoms with E-state index >= 15 is 0 Å². The van der Waals surface area contributed by atoms with Gasteiger partial charge in [0.05, 0.1) is 17.4 Å². The molecule has 2 saturated carbocycles. The van der Waals surface area contributed by atoms with Gasteiger partial charge in [0, 0.05) is 37.0 Å². The first-order chi connectivity index (χ1) is 16.5. The third kappa shape index (κ3) is 4.38. The lowest BCUT2D eigenvalue weighted by molar-refractivity contribution is -0.117. The van der Waals surface area contributed by atoms with Gasteiger partial charge >= 0.3 is 0 Å².